The number of carbonyl (C=O) groups excluding carboxylic acids is 3. The highest BCUT2D eigenvalue weighted by Gasteiger charge is 2.20. The average Bonchev–Trinajstić information content (AvgIpc) is 3.18. The molecule has 0 aliphatic heterocycles. The number of carbonyl (C=O) groups is 3. The third-order valence-corrected chi connectivity index (χ3v) is 5.59. The predicted octanol–water partition coefficient (Wildman–Crippen LogP) is 2.20. The first kappa shape index (κ1) is 23.4. The number of aryl methyl sites for hydroxylation is 1. The molecule has 10 nitrogen and oxygen atoms in total. The summed E-state index contributed by atoms with van der Waals surface area (Å²) in [6, 6.07) is 17.4. The molecule has 10 heteroatoms. The van der Waals surface area contributed by atoms with Crippen molar-refractivity contribution in [3.05, 3.63) is 83.8 Å². The Morgan fingerprint density at radius 2 is 1.74 bits per heavy atom. The number of amides is 3. The maximum atomic E-state index is 13.3. The summed E-state index contributed by atoms with van der Waals surface area (Å²) < 4.78 is 1.94. The first-order valence-electron chi connectivity index (χ1n) is 10.9. The normalized spacial score (nSPS) is 10.8. The number of imidazole rings is 1. The van der Waals surface area contributed by atoms with E-state index in [2.05, 4.69) is 15.3 Å². The summed E-state index contributed by atoms with van der Waals surface area (Å²) in [7, 11) is 1.90. The molecule has 0 spiro atoms. The van der Waals surface area contributed by atoms with Crippen molar-refractivity contribution in [1.29, 1.82) is 0 Å². The van der Waals surface area contributed by atoms with Crippen molar-refractivity contribution >= 4 is 40.3 Å². The quantitative estimate of drug-likeness (QED) is 0.341. The molecule has 0 bridgehead atoms. The van der Waals surface area contributed by atoms with Crippen molar-refractivity contribution in [2.24, 2.45) is 18.5 Å². The molecular formula is C25H25N7O3. The summed E-state index contributed by atoms with van der Waals surface area (Å²) in [6.45, 7) is 0.554. The van der Waals surface area contributed by atoms with E-state index in [1.54, 1.807) is 60.8 Å². The fourth-order valence-electron chi connectivity index (χ4n) is 3.69. The van der Waals surface area contributed by atoms with Gasteiger partial charge in [0.2, 0.25) is 11.8 Å². The summed E-state index contributed by atoms with van der Waals surface area (Å²) in [5, 5.41) is 3.27. The Morgan fingerprint density at radius 3 is 2.40 bits per heavy atom. The van der Waals surface area contributed by atoms with Crippen LogP contribution in [0.25, 0.3) is 11.0 Å². The van der Waals surface area contributed by atoms with Crippen molar-refractivity contribution < 1.29 is 14.4 Å². The fraction of sp³-hybridized carbons (Fsp3) is 0.160. The Labute approximate surface area is 201 Å². The van der Waals surface area contributed by atoms with Crippen molar-refractivity contribution in [3.8, 4) is 0 Å². The zero-order valence-corrected chi connectivity index (χ0v) is 19.1. The van der Waals surface area contributed by atoms with Crippen LogP contribution < -0.4 is 21.7 Å². The molecule has 0 atom stereocenters. The van der Waals surface area contributed by atoms with Gasteiger partial charge in [-0.05, 0) is 54.6 Å². The highest BCUT2D eigenvalue weighted by atomic mass is 16.2. The molecule has 0 saturated heterocycles. The highest BCUT2D eigenvalue weighted by Crippen LogP contribution is 2.21. The first-order valence-corrected chi connectivity index (χ1v) is 10.9. The Bertz CT molecular complexity index is 1380. The lowest BCUT2D eigenvalue weighted by Gasteiger charge is -2.21. The third kappa shape index (κ3) is 5.27. The van der Waals surface area contributed by atoms with Crippen LogP contribution in [-0.4, -0.2) is 38.8 Å². The van der Waals surface area contributed by atoms with Gasteiger partial charge in [-0.25, -0.2) is 9.97 Å². The molecule has 3 amide bonds. The second-order valence-corrected chi connectivity index (χ2v) is 7.95. The summed E-state index contributed by atoms with van der Waals surface area (Å²) in [5.41, 5.74) is 13.8. The molecule has 0 unspecified atom stereocenters. The molecule has 4 rings (SSSR count). The molecule has 5 N–H and O–H groups in total. The SMILES string of the molecule is Cn1c(CNc2ccc(C(N)=O)cc2)nc2cc(C(=O)N(CCC(N)=O)c3ccccn3)ccc21. The Morgan fingerprint density at radius 1 is 1.00 bits per heavy atom. The summed E-state index contributed by atoms with van der Waals surface area (Å²) in [4.78, 5) is 46.3. The Hall–Kier alpha value is -4.73. The number of anilines is 2. The molecule has 2 aromatic heterocycles. The van der Waals surface area contributed by atoms with Gasteiger partial charge >= 0.3 is 0 Å². The predicted molar refractivity (Wildman–Crippen MR) is 133 cm³/mol. The number of hydrogen-bond acceptors (Lipinski definition) is 6. The van der Waals surface area contributed by atoms with Gasteiger partial charge in [0.15, 0.2) is 0 Å². The lowest BCUT2D eigenvalue weighted by atomic mass is 10.1. The minimum atomic E-state index is -0.500. The van der Waals surface area contributed by atoms with Crippen LogP contribution in [0.3, 0.4) is 0 Å². The van der Waals surface area contributed by atoms with Crippen LogP contribution in [0.1, 0.15) is 33.0 Å². The van der Waals surface area contributed by atoms with E-state index in [1.165, 1.54) is 4.90 Å². The minimum Gasteiger partial charge on any atom is -0.378 e. The van der Waals surface area contributed by atoms with E-state index in [-0.39, 0.29) is 18.9 Å². The molecule has 2 heterocycles. The number of fused-ring (bicyclic) bond motifs is 1. The second-order valence-electron chi connectivity index (χ2n) is 7.95. The zero-order valence-electron chi connectivity index (χ0n) is 19.1. The molecular weight excluding hydrogens is 446 g/mol. The van der Waals surface area contributed by atoms with Crippen LogP contribution in [0, 0.1) is 0 Å². The lowest BCUT2D eigenvalue weighted by Crippen LogP contribution is -2.34. The van der Waals surface area contributed by atoms with Gasteiger partial charge in [-0.2, -0.15) is 0 Å². The van der Waals surface area contributed by atoms with Crippen LogP contribution in [-0.2, 0) is 18.4 Å². The number of nitrogens with one attached hydrogen (secondary N) is 1. The lowest BCUT2D eigenvalue weighted by molar-refractivity contribution is -0.117. The number of nitrogens with two attached hydrogens (primary N) is 2. The maximum Gasteiger partial charge on any atom is 0.259 e. The number of pyridine rings is 1. The summed E-state index contributed by atoms with van der Waals surface area (Å²) >= 11 is 0. The van der Waals surface area contributed by atoms with Gasteiger partial charge < -0.3 is 21.4 Å². The smallest absolute Gasteiger partial charge is 0.259 e. The molecule has 0 fully saturated rings. The molecule has 0 aliphatic carbocycles. The van der Waals surface area contributed by atoms with Gasteiger partial charge in [-0.3, -0.25) is 19.3 Å². The molecule has 4 aromatic rings. The standard InChI is InChI=1S/C25H25N7O3/c1-31-20-10-7-17(25(35)32(13-11-21(26)33)22-4-2-3-12-28-22)14-19(20)30-23(31)15-29-18-8-5-16(6-9-18)24(27)34/h2-10,12,14,29H,11,13,15H2,1H3,(H2,26,33)(H2,27,34). The van der Waals surface area contributed by atoms with E-state index < -0.39 is 11.8 Å². The zero-order chi connectivity index (χ0) is 24.9. The van der Waals surface area contributed by atoms with Gasteiger partial charge in [-0.15, -0.1) is 0 Å². The third-order valence-electron chi connectivity index (χ3n) is 5.59. The van der Waals surface area contributed by atoms with E-state index in [4.69, 9.17) is 11.5 Å². The second kappa shape index (κ2) is 10.0. The maximum absolute atomic E-state index is 13.3. The first-order chi connectivity index (χ1) is 16.8. The number of benzene rings is 2. The Balaban J connectivity index is 1.56. The van der Waals surface area contributed by atoms with Crippen LogP contribution >= 0.6 is 0 Å². The molecule has 178 valence electrons. The number of rotatable bonds is 9. The minimum absolute atomic E-state index is 0.0182. The molecule has 35 heavy (non-hydrogen) atoms. The monoisotopic (exact) mass is 471 g/mol. The molecule has 0 aliphatic rings. The van der Waals surface area contributed by atoms with E-state index in [9.17, 15) is 14.4 Å². The van der Waals surface area contributed by atoms with Crippen LogP contribution in [0.5, 0.6) is 0 Å². The number of nitrogens with zero attached hydrogens (tertiary/aromatic N) is 4. The van der Waals surface area contributed by atoms with Gasteiger partial charge in [-0.1, -0.05) is 6.07 Å². The van der Waals surface area contributed by atoms with Gasteiger partial charge in [0, 0.05) is 43.0 Å². The summed E-state index contributed by atoms with van der Waals surface area (Å²) in [5.74, 6) is -0.0773. The van der Waals surface area contributed by atoms with E-state index in [0.717, 1.165) is 17.0 Å². The van der Waals surface area contributed by atoms with Crippen LogP contribution in [0.15, 0.2) is 66.9 Å². The van der Waals surface area contributed by atoms with Gasteiger partial charge in [0.05, 0.1) is 17.6 Å². The largest absolute Gasteiger partial charge is 0.378 e. The van der Waals surface area contributed by atoms with Crippen molar-refractivity contribution in [1.82, 2.24) is 14.5 Å². The van der Waals surface area contributed by atoms with E-state index in [1.807, 2.05) is 17.7 Å². The van der Waals surface area contributed by atoms with Crippen molar-refractivity contribution in [3.63, 3.8) is 0 Å². The van der Waals surface area contributed by atoms with Gasteiger partial charge in [0.1, 0.15) is 11.6 Å². The van der Waals surface area contributed by atoms with E-state index >= 15 is 0 Å². The number of aromatic nitrogens is 3. The summed E-state index contributed by atoms with van der Waals surface area (Å²) in [6.07, 6.45) is 1.60. The van der Waals surface area contributed by atoms with Crippen molar-refractivity contribution in [2.45, 2.75) is 13.0 Å². The Kier molecular flexibility index (Phi) is 6.72. The number of hydrogen-bond donors (Lipinski definition) is 3. The number of primary amides is 2. The molecule has 2 aromatic carbocycles. The van der Waals surface area contributed by atoms with Crippen LogP contribution in [0.4, 0.5) is 11.5 Å². The average molecular weight is 472 g/mol. The highest BCUT2D eigenvalue weighted by molar-refractivity contribution is 6.07. The molecule has 0 radical (unpaired) electrons. The topological polar surface area (TPSA) is 149 Å². The van der Waals surface area contributed by atoms with E-state index in [0.29, 0.717) is 29.0 Å². The van der Waals surface area contributed by atoms with Crippen molar-refractivity contribution in [2.75, 3.05) is 16.8 Å². The fourth-order valence-corrected chi connectivity index (χ4v) is 3.69. The van der Waals surface area contributed by atoms with Gasteiger partial charge in [0.25, 0.3) is 5.91 Å². The van der Waals surface area contributed by atoms with Crippen LogP contribution in [0.2, 0.25) is 0 Å². The molecule has 0 saturated carbocycles.